The van der Waals surface area contributed by atoms with Gasteiger partial charge in [-0.2, -0.15) is 0 Å². The van der Waals surface area contributed by atoms with Crippen LogP contribution in [0.3, 0.4) is 0 Å². The van der Waals surface area contributed by atoms with Gasteiger partial charge in [-0.05, 0) is 116 Å². The number of allylic oxidation sites excluding steroid dienone is 3. The van der Waals surface area contributed by atoms with Crippen LogP contribution in [-0.4, -0.2) is 103 Å². The van der Waals surface area contributed by atoms with E-state index in [9.17, 15) is 4.79 Å². The third-order valence-electron chi connectivity index (χ3n) is 18.8. The Kier molecular flexibility index (Phi) is 27.5. The number of hydrogen-bond donors (Lipinski definition) is 0. The second-order valence-corrected chi connectivity index (χ2v) is 48.8. The van der Waals surface area contributed by atoms with Gasteiger partial charge in [-0.3, -0.25) is 4.79 Å². The van der Waals surface area contributed by atoms with Crippen LogP contribution in [0.25, 0.3) is 0 Å². The predicted molar refractivity (Wildman–Crippen MR) is 343 cm³/mol. The second-order valence-electron chi connectivity index (χ2n) is 29.7. The van der Waals surface area contributed by atoms with Gasteiger partial charge in [0, 0.05) is 37.2 Å². The normalized spacial score (nSPS) is 22.5. The van der Waals surface area contributed by atoms with Crippen LogP contribution in [-0.2, 0) is 48.1 Å². The molecule has 1 saturated heterocycles. The van der Waals surface area contributed by atoms with E-state index in [4.69, 9.17) is 41.4 Å². The molecule has 13 atom stereocenters. The number of ether oxygens (including phenoxy) is 5. The summed E-state index contributed by atoms with van der Waals surface area (Å²) >= 11 is 0. The van der Waals surface area contributed by atoms with Gasteiger partial charge in [0.2, 0.25) is 0 Å². The van der Waals surface area contributed by atoms with Crippen molar-refractivity contribution in [2.45, 2.75) is 266 Å². The highest BCUT2D eigenvalue weighted by Gasteiger charge is 2.54. The average molecular weight is 1170 g/mol. The van der Waals surface area contributed by atoms with E-state index in [0.29, 0.717) is 13.0 Å². The first-order valence-electron chi connectivity index (χ1n) is 29.8. The van der Waals surface area contributed by atoms with E-state index >= 15 is 0 Å². The summed E-state index contributed by atoms with van der Waals surface area (Å²) < 4.78 is 60.7. The lowest BCUT2D eigenvalue weighted by Gasteiger charge is -2.50. The van der Waals surface area contributed by atoms with Crippen LogP contribution in [0.4, 0.5) is 0 Å². The third kappa shape index (κ3) is 21.3. The molecule has 1 aromatic carbocycles. The standard InChI is InChI=1S/C65H120O10Si4/c1-31-32-33-46(3)57(69-43-52-35-38-53(68-22)39-36-52)50(7)58(73-77(25,26)63(12,13)14)49(6)41-45(2)40-48(5)56(70-44-67-21)47(4)34-37-54(72-76(23,24)62(9,10)11)42-55-60(75-79(29,30)65(18,19)20)59(51(8)61(66)71-55)74-78(27,28)64(15,16)17/h31-40,46-51,54-60H,1,41-44H2,2-30H3/b33-32-,37-34-,45-40-/t46-,47-,48+,49-,50+,51+,54+,55-,56-,57-,58+,59+,60-/m0/s1. The van der Waals surface area contributed by atoms with Crippen molar-refractivity contribution in [3.63, 3.8) is 0 Å². The van der Waals surface area contributed by atoms with Gasteiger partial charge >= 0.3 is 5.97 Å². The van der Waals surface area contributed by atoms with E-state index in [-0.39, 0.29) is 86.9 Å². The van der Waals surface area contributed by atoms with Gasteiger partial charge in [-0.25, -0.2) is 0 Å². The topological polar surface area (TPSA) is 100 Å². The van der Waals surface area contributed by atoms with E-state index in [0.717, 1.165) is 17.7 Å². The number of carbonyl (C=O) groups is 1. The SMILES string of the molecule is C=C/C=C\[C@H](C)[C@H](OCc1ccc(OC)cc1)[C@@H](C)[C@H](O[Si](C)(C)C(C)(C)C)[C@@H](C)C/C(C)=C\[C@@H](C)[C@@H](OCOC)[C@@H](C)/C=C\[C@H](C[C@@H]1OC(=O)[C@H](C)[C@@H](O[Si](C)(C)C(C)(C)C)[C@H]1O[Si](C)(C)C(C)(C)C)O[Si](C)(C)C(C)(C)C. The molecule has 0 unspecified atom stereocenters. The van der Waals surface area contributed by atoms with Crippen molar-refractivity contribution < 1.29 is 46.2 Å². The van der Waals surface area contributed by atoms with Gasteiger partial charge in [-0.15, -0.1) is 0 Å². The maximum atomic E-state index is 14.1. The molecule has 0 radical (unpaired) electrons. The molecule has 0 aliphatic carbocycles. The number of hydrogen-bond acceptors (Lipinski definition) is 10. The van der Waals surface area contributed by atoms with Gasteiger partial charge in [0.05, 0.1) is 50.2 Å². The van der Waals surface area contributed by atoms with Crippen LogP contribution in [0.1, 0.15) is 150 Å². The summed E-state index contributed by atoms with van der Waals surface area (Å²) in [5.74, 6) is 0.432. The number of carbonyl (C=O) groups excluding carboxylic acids is 1. The van der Waals surface area contributed by atoms with Crippen LogP contribution in [0, 0.1) is 35.5 Å². The van der Waals surface area contributed by atoms with Crippen LogP contribution >= 0.6 is 0 Å². The molecule has 0 aromatic heterocycles. The summed E-state index contributed by atoms with van der Waals surface area (Å²) in [5, 5.41) is -0.192. The number of cyclic esters (lactones) is 1. The highest BCUT2D eigenvalue weighted by Crippen LogP contribution is 2.46. The number of esters is 1. The smallest absolute Gasteiger partial charge is 0.311 e. The van der Waals surface area contributed by atoms with E-state index in [2.05, 4.69) is 220 Å². The van der Waals surface area contributed by atoms with Crippen molar-refractivity contribution in [3.8, 4) is 5.75 Å². The van der Waals surface area contributed by atoms with E-state index < -0.39 is 57.5 Å². The Bertz CT molecular complexity index is 2100. The molecule has 10 nitrogen and oxygen atoms in total. The lowest BCUT2D eigenvalue weighted by molar-refractivity contribution is -0.187. The Labute approximate surface area is 489 Å². The lowest BCUT2D eigenvalue weighted by atomic mass is 9.81. The van der Waals surface area contributed by atoms with Crippen molar-refractivity contribution in [1.29, 1.82) is 0 Å². The Morgan fingerprint density at radius 1 is 0.646 bits per heavy atom. The molecule has 1 aromatic rings. The van der Waals surface area contributed by atoms with Crippen molar-refractivity contribution in [2.24, 2.45) is 35.5 Å². The highest BCUT2D eigenvalue weighted by molar-refractivity contribution is 6.75. The maximum absolute atomic E-state index is 14.1. The molecule has 456 valence electrons. The first-order valence-corrected chi connectivity index (χ1v) is 41.4. The minimum absolute atomic E-state index is 0.0172. The van der Waals surface area contributed by atoms with Crippen LogP contribution in [0.5, 0.6) is 5.75 Å². The molecule has 0 amide bonds. The zero-order valence-corrected chi connectivity index (χ0v) is 59.9. The molecule has 0 spiro atoms. The van der Waals surface area contributed by atoms with Crippen LogP contribution in [0.15, 0.2) is 72.9 Å². The van der Waals surface area contributed by atoms with Crippen LogP contribution in [0.2, 0.25) is 72.5 Å². The summed E-state index contributed by atoms with van der Waals surface area (Å²) in [5.41, 5.74) is 2.38. The lowest BCUT2D eigenvalue weighted by Crippen LogP contribution is -2.62. The molecule has 1 fully saturated rings. The molecule has 1 aliphatic rings. The molecule has 2 rings (SSSR count). The minimum Gasteiger partial charge on any atom is -0.497 e. The summed E-state index contributed by atoms with van der Waals surface area (Å²) in [7, 11) is -6.00. The van der Waals surface area contributed by atoms with Gasteiger partial charge in [0.25, 0.3) is 0 Å². The molecule has 0 N–H and O–H groups in total. The van der Waals surface area contributed by atoms with E-state index in [1.807, 2.05) is 31.2 Å². The average Bonchev–Trinajstić information content (AvgIpc) is 3.30. The Morgan fingerprint density at radius 3 is 1.62 bits per heavy atom. The fourth-order valence-electron chi connectivity index (χ4n) is 9.51. The first-order chi connectivity index (χ1) is 35.9. The molecule has 0 bridgehead atoms. The van der Waals surface area contributed by atoms with Gasteiger partial charge in [-0.1, -0.05) is 178 Å². The van der Waals surface area contributed by atoms with Crippen molar-refractivity contribution in [1.82, 2.24) is 0 Å². The zero-order chi connectivity index (χ0) is 61.1. The second kappa shape index (κ2) is 29.7. The fraction of sp³-hybridized carbons (Fsp3) is 0.769. The number of benzene rings is 1. The fourth-order valence-corrected chi connectivity index (χ4v) is 15.0. The Morgan fingerprint density at radius 2 is 1.14 bits per heavy atom. The van der Waals surface area contributed by atoms with Gasteiger partial charge in [0.1, 0.15) is 24.8 Å². The predicted octanol–water partition coefficient (Wildman–Crippen LogP) is 17.9. The molecular formula is C65H120O10Si4. The quantitative estimate of drug-likeness (QED) is 0.0243. The van der Waals surface area contributed by atoms with E-state index in [1.54, 1.807) is 14.2 Å². The van der Waals surface area contributed by atoms with Crippen LogP contribution < -0.4 is 4.74 Å². The van der Waals surface area contributed by atoms with Crippen molar-refractivity contribution in [2.75, 3.05) is 21.0 Å². The maximum Gasteiger partial charge on any atom is 0.311 e. The number of methoxy groups -OCH3 is 2. The highest BCUT2D eigenvalue weighted by atomic mass is 28.4. The molecule has 1 aliphatic heterocycles. The van der Waals surface area contributed by atoms with Gasteiger partial charge in [0.15, 0.2) is 33.3 Å². The first kappa shape index (κ1) is 73.1. The molecular weight excluding hydrogens is 1050 g/mol. The minimum atomic E-state index is -2.40. The third-order valence-corrected chi connectivity index (χ3v) is 36.7. The van der Waals surface area contributed by atoms with Crippen molar-refractivity contribution >= 4 is 39.2 Å². The van der Waals surface area contributed by atoms with Crippen molar-refractivity contribution in [3.05, 3.63) is 78.4 Å². The molecule has 79 heavy (non-hydrogen) atoms. The zero-order valence-electron chi connectivity index (χ0n) is 55.9. The monoisotopic (exact) mass is 1170 g/mol. The Balaban J connectivity index is 2.69. The van der Waals surface area contributed by atoms with E-state index in [1.165, 1.54) is 5.57 Å². The Hall–Kier alpha value is -1.96. The summed E-state index contributed by atoms with van der Waals surface area (Å²) in [6.45, 7) is 65.8. The largest absolute Gasteiger partial charge is 0.497 e. The summed E-state index contributed by atoms with van der Waals surface area (Å²) in [6, 6.07) is 8.13. The molecule has 14 heteroatoms. The molecule has 1 heterocycles. The summed E-state index contributed by atoms with van der Waals surface area (Å²) in [6.07, 6.45) is 11.9. The summed E-state index contributed by atoms with van der Waals surface area (Å²) in [4.78, 5) is 14.1. The molecule has 0 saturated carbocycles. The number of rotatable bonds is 30. The van der Waals surface area contributed by atoms with Gasteiger partial charge < -0.3 is 41.4 Å².